The minimum absolute atomic E-state index is 0.116. The van der Waals surface area contributed by atoms with Crippen LogP contribution in [-0.2, 0) is 11.3 Å². The smallest absolute Gasteiger partial charge is 0.338 e. The second kappa shape index (κ2) is 8.15. The molecule has 134 valence electrons. The fourth-order valence-electron chi connectivity index (χ4n) is 2.29. The van der Waals surface area contributed by atoms with Gasteiger partial charge in [-0.1, -0.05) is 17.3 Å². The highest BCUT2D eigenvalue weighted by Gasteiger charge is 2.15. The third-order valence-electron chi connectivity index (χ3n) is 3.55. The van der Waals surface area contributed by atoms with Crippen molar-refractivity contribution in [3.8, 4) is 22.9 Å². The maximum absolute atomic E-state index is 12.1. The van der Waals surface area contributed by atoms with Gasteiger partial charge in [-0.2, -0.15) is 4.98 Å². The summed E-state index contributed by atoms with van der Waals surface area (Å²) in [6.45, 7) is 2.31. The fraction of sp³-hybridized carbons (Fsp3) is 0.211. The fourth-order valence-corrected chi connectivity index (χ4v) is 2.29. The molecule has 3 rings (SSSR count). The van der Waals surface area contributed by atoms with Crippen molar-refractivity contribution >= 4 is 5.97 Å². The molecule has 0 radical (unpaired) electrons. The van der Waals surface area contributed by atoms with Crippen molar-refractivity contribution in [3.63, 3.8) is 0 Å². The number of ether oxygens (including phenoxy) is 3. The molecule has 26 heavy (non-hydrogen) atoms. The number of carbonyl (C=O) groups excluding carboxylic acids is 1. The molecule has 3 aromatic rings. The molecule has 2 aromatic carbocycles. The Morgan fingerprint density at radius 3 is 2.62 bits per heavy atom. The van der Waals surface area contributed by atoms with Crippen LogP contribution in [0.2, 0.25) is 0 Å². The maximum atomic E-state index is 12.1. The van der Waals surface area contributed by atoms with Gasteiger partial charge in [0.05, 0.1) is 24.8 Å². The van der Waals surface area contributed by atoms with E-state index in [0.29, 0.717) is 35.1 Å². The predicted molar refractivity (Wildman–Crippen MR) is 93.0 cm³/mol. The lowest BCUT2D eigenvalue weighted by Crippen LogP contribution is -2.05. The average molecular weight is 354 g/mol. The quantitative estimate of drug-likeness (QED) is 0.600. The van der Waals surface area contributed by atoms with Crippen LogP contribution in [-0.4, -0.2) is 29.8 Å². The molecule has 0 atom stereocenters. The maximum Gasteiger partial charge on any atom is 0.338 e. The molecule has 0 bridgehead atoms. The third-order valence-corrected chi connectivity index (χ3v) is 3.55. The summed E-state index contributed by atoms with van der Waals surface area (Å²) in [5, 5.41) is 3.93. The minimum Gasteiger partial charge on any atom is -0.497 e. The van der Waals surface area contributed by atoms with Gasteiger partial charge in [-0.25, -0.2) is 4.79 Å². The zero-order valence-electron chi connectivity index (χ0n) is 14.5. The Kier molecular flexibility index (Phi) is 5.48. The van der Waals surface area contributed by atoms with E-state index in [1.807, 2.05) is 31.2 Å². The van der Waals surface area contributed by atoms with Gasteiger partial charge in [-0.15, -0.1) is 0 Å². The molecule has 0 saturated heterocycles. The molecule has 0 amide bonds. The van der Waals surface area contributed by atoms with E-state index in [4.69, 9.17) is 18.7 Å². The van der Waals surface area contributed by atoms with Crippen molar-refractivity contribution in [2.75, 3.05) is 13.7 Å². The molecule has 0 N–H and O–H groups in total. The summed E-state index contributed by atoms with van der Waals surface area (Å²) in [5.74, 6) is 1.42. The number of methoxy groups -OCH3 is 1. The monoisotopic (exact) mass is 354 g/mol. The van der Waals surface area contributed by atoms with E-state index in [9.17, 15) is 4.79 Å². The van der Waals surface area contributed by atoms with Crippen LogP contribution in [0.1, 0.15) is 23.2 Å². The van der Waals surface area contributed by atoms with Gasteiger partial charge in [-0.05, 0) is 43.3 Å². The molecule has 0 spiro atoms. The molecule has 1 aromatic heterocycles. The van der Waals surface area contributed by atoms with E-state index in [2.05, 4.69) is 10.1 Å². The van der Waals surface area contributed by atoms with Gasteiger partial charge in [0.25, 0.3) is 5.89 Å². The van der Waals surface area contributed by atoms with Gasteiger partial charge in [-0.3, -0.25) is 0 Å². The predicted octanol–water partition coefficient (Wildman–Crippen LogP) is 3.50. The Hall–Kier alpha value is -3.35. The molecule has 0 aliphatic heterocycles. The van der Waals surface area contributed by atoms with Gasteiger partial charge in [0, 0.05) is 0 Å². The number of aromatic nitrogens is 2. The first kappa shape index (κ1) is 17.5. The lowest BCUT2D eigenvalue weighted by molar-refractivity contribution is 0.0430. The Morgan fingerprint density at radius 2 is 1.88 bits per heavy atom. The van der Waals surface area contributed by atoms with Crippen molar-refractivity contribution in [2.24, 2.45) is 0 Å². The van der Waals surface area contributed by atoms with E-state index in [1.54, 1.807) is 31.4 Å². The van der Waals surface area contributed by atoms with Crippen LogP contribution >= 0.6 is 0 Å². The number of hydrogen-bond donors (Lipinski definition) is 0. The van der Waals surface area contributed by atoms with Crippen LogP contribution in [0.3, 0.4) is 0 Å². The summed E-state index contributed by atoms with van der Waals surface area (Å²) in [6, 6.07) is 14.0. The van der Waals surface area contributed by atoms with Crippen LogP contribution in [0.15, 0.2) is 53.1 Å². The number of rotatable bonds is 7. The van der Waals surface area contributed by atoms with Gasteiger partial charge >= 0.3 is 5.97 Å². The molecule has 0 unspecified atom stereocenters. The highest BCUT2D eigenvalue weighted by atomic mass is 16.6. The topological polar surface area (TPSA) is 83.7 Å². The van der Waals surface area contributed by atoms with Crippen molar-refractivity contribution in [3.05, 3.63) is 60.0 Å². The first-order valence-corrected chi connectivity index (χ1v) is 8.07. The Labute approximate surface area is 150 Å². The lowest BCUT2D eigenvalue weighted by Gasteiger charge is -2.06. The highest BCUT2D eigenvalue weighted by Crippen LogP contribution is 2.27. The molecular weight excluding hydrogens is 336 g/mol. The minimum atomic E-state index is -0.484. The zero-order valence-corrected chi connectivity index (χ0v) is 14.5. The summed E-state index contributed by atoms with van der Waals surface area (Å²) in [4.78, 5) is 16.3. The number of nitrogens with zero attached hydrogens (tertiary/aromatic N) is 2. The van der Waals surface area contributed by atoms with Gasteiger partial charge in [0.1, 0.15) is 11.5 Å². The lowest BCUT2D eigenvalue weighted by atomic mass is 10.2. The number of para-hydroxylation sites is 1. The summed E-state index contributed by atoms with van der Waals surface area (Å²) in [6.07, 6.45) is 0. The molecule has 0 aliphatic carbocycles. The molecule has 0 aliphatic rings. The first-order chi connectivity index (χ1) is 12.7. The Morgan fingerprint density at radius 1 is 1.12 bits per heavy atom. The molecule has 1 heterocycles. The first-order valence-electron chi connectivity index (χ1n) is 8.07. The van der Waals surface area contributed by atoms with Crippen LogP contribution in [0.4, 0.5) is 0 Å². The summed E-state index contributed by atoms with van der Waals surface area (Å²) in [7, 11) is 1.56. The normalized spacial score (nSPS) is 10.4. The number of benzene rings is 2. The van der Waals surface area contributed by atoms with Gasteiger partial charge in [0.15, 0.2) is 6.61 Å². The van der Waals surface area contributed by atoms with Crippen molar-refractivity contribution in [1.29, 1.82) is 0 Å². The zero-order chi connectivity index (χ0) is 18.4. The van der Waals surface area contributed by atoms with Crippen LogP contribution in [0, 0.1) is 0 Å². The van der Waals surface area contributed by atoms with E-state index in [0.717, 1.165) is 0 Å². The second-order valence-electron chi connectivity index (χ2n) is 5.25. The number of esters is 1. The SMILES string of the molecule is CCOc1ccccc1-c1noc(COC(=O)c2ccc(OC)cc2)n1. The van der Waals surface area contributed by atoms with Crippen molar-refractivity contribution in [2.45, 2.75) is 13.5 Å². The van der Waals surface area contributed by atoms with Crippen LogP contribution in [0.25, 0.3) is 11.4 Å². The molecule has 7 heteroatoms. The Balaban J connectivity index is 1.66. The van der Waals surface area contributed by atoms with Gasteiger partial charge < -0.3 is 18.7 Å². The molecule has 0 fully saturated rings. The summed E-state index contributed by atoms with van der Waals surface area (Å²) in [5.41, 5.74) is 1.12. The number of hydrogen-bond acceptors (Lipinski definition) is 7. The standard InChI is InChI=1S/C19H18N2O5/c1-3-24-16-7-5-4-6-15(16)18-20-17(26-21-18)12-25-19(22)13-8-10-14(23-2)11-9-13/h4-11H,3,12H2,1-2H3. The molecular formula is C19H18N2O5. The van der Waals surface area contributed by atoms with E-state index >= 15 is 0 Å². The largest absolute Gasteiger partial charge is 0.497 e. The van der Waals surface area contributed by atoms with E-state index in [1.165, 1.54) is 0 Å². The third kappa shape index (κ3) is 4.00. The number of carbonyl (C=O) groups is 1. The highest BCUT2D eigenvalue weighted by molar-refractivity contribution is 5.89. The summed E-state index contributed by atoms with van der Waals surface area (Å²) < 4.78 is 21.0. The van der Waals surface area contributed by atoms with E-state index in [-0.39, 0.29) is 12.5 Å². The second-order valence-corrected chi connectivity index (χ2v) is 5.25. The van der Waals surface area contributed by atoms with Gasteiger partial charge in [0.2, 0.25) is 5.82 Å². The van der Waals surface area contributed by atoms with Crippen LogP contribution in [0.5, 0.6) is 11.5 Å². The molecule has 7 nitrogen and oxygen atoms in total. The van der Waals surface area contributed by atoms with Crippen molar-refractivity contribution in [1.82, 2.24) is 10.1 Å². The van der Waals surface area contributed by atoms with Crippen LogP contribution < -0.4 is 9.47 Å². The Bertz CT molecular complexity index is 874. The van der Waals surface area contributed by atoms with Crippen molar-refractivity contribution < 1.29 is 23.5 Å². The molecule has 0 saturated carbocycles. The average Bonchev–Trinajstić information content (AvgIpc) is 3.16. The van der Waals surface area contributed by atoms with E-state index < -0.39 is 5.97 Å². The summed E-state index contributed by atoms with van der Waals surface area (Å²) >= 11 is 0.